The predicted octanol–water partition coefficient (Wildman–Crippen LogP) is 18.3. The van der Waals surface area contributed by atoms with Gasteiger partial charge in [-0.1, -0.05) is 243 Å². The maximum atomic E-state index is 13.5. The second-order valence-electron chi connectivity index (χ2n) is 22.2. The van der Waals surface area contributed by atoms with Gasteiger partial charge in [-0.2, -0.15) is 0 Å². The summed E-state index contributed by atoms with van der Waals surface area (Å²) in [5, 5.41) is 3.03. The minimum Gasteiger partial charge on any atom is -0.756 e. The number of esters is 1. The molecule has 0 aromatic carbocycles. The number of nitrogens with one attached hydrogen (secondary N) is 1. The number of allylic oxidation sites excluding steroid dienone is 7. The summed E-state index contributed by atoms with van der Waals surface area (Å²) in [5.41, 5.74) is 0. The zero-order chi connectivity index (χ0) is 53.6. The number of phosphoric ester groups is 1. The summed E-state index contributed by atoms with van der Waals surface area (Å²) < 4.78 is 30.3. The monoisotopic (exact) mass is 1050 g/mol. The Bertz CT molecular complexity index is 1390. The third-order valence-corrected chi connectivity index (χ3v) is 14.7. The molecule has 0 radical (unpaired) electrons. The summed E-state index contributed by atoms with van der Waals surface area (Å²) in [5.74, 6) is -0.546. The molecule has 1 amide bonds. The molecule has 3 atom stereocenters. The van der Waals surface area contributed by atoms with Gasteiger partial charge in [0.05, 0.1) is 33.8 Å². The Morgan fingerprint density at radius 1 is 0.479 bits per heavy atom. The molecule has 9 nitrogen and oxygen atoms in total. The fourth-order valence-corrected chi connectivity index (χ4v) is 9.61. The van der Waals surface area contributed by atoms with Crippen molar-refractivity contribution in [2.24, 2.45) is 0 Å². The van der Waals surface area contributed by atoms with Gasteiger partial charge in [-0.25, -0.2) is 0 Å². The molecular weight excluding hydrogens is 928 g/mol. The van der Waals surface area contributed by atoms with Gasteiger partial charge < -0.3 is 28.5 Å². The van der Waals surface area contributed by atoms with Crippen LogP contribution in [0.15, 0.2) is 48.6 Å². The van der Waals surface area contributed by atoms with Crippen LogP contribution in [0.25, 0.3) is 0 Å². The quantitative estimate of drug-likeness (QED) is 0.0212. The highest BCUT2D eigenvalue weighted by atomic mass is 31.2. The fourth-order valence-electron chi connectivity index (χ4n) is 8.89. The van der Waals surface area contributed by atoms with Gasteiger partial charge in [0.2, 0.25) is 5.91 Å². The van der Waals surface area contributed by atoms with Gasteiger partial charge in [0, 0.05) is 12.8 Å². The number of phosphoric acid groups is 1. The van der Waals surface area contributed by atoms with E-state index in [1.165, 1.54) is 167 Å². The van der Waals surface area contributed by atoms with Crippen LogP contribution in [0.4, 0.5) is 0 Å². The Balaban J connectivity index is 5.14. The van der Waals surface area contributed by atoms with E-state index < -0.39 is 20.0 Å². The van der Waals surface area contributed by atoms with Crippen LogP contribution in [0.1, 0.15) is 290 Å². The van der Waals surface area contributed by atoms with Gasteiger partial charge >= 0.3 is 5.97 Å². The Kier molecular flexibility index (Phi) is 51.9. The van der Waals surface area contributed by atoms with Gasteiger partial charge in [-0.05, 0) is 83.1 Å². The lowest BCUT2D eigenvalue weighted by Crippen LogP contribution is -2.47. The highest BCUT2D eigenvalue weighted by molar-refractivity contribution is 7.45. The van der Waals surface area contributed by atoms with Crippen molar-refractivity contribution in [2.75, 3.05) is 40.9 Å². The average molecular weight is 1050 g/mol. The number of likely N-dealkylation sites (N-methyl/N-ethyl adjacent to an activating group) is 1. The SMILES string of the molecule is CCCC/C=C\CCCCCCCC(=O)OC(/C=C/CCCCCCCCCCCCC)C(COP(=O)([O-])OCC[N+](C)(C)C)NC(=O)CCCCCCCCCCCCCCC/C=C\C/C=C\CCCCC. The van der Waals surface area contributed by atoms with E-state index in [1.54, 1.807) is 0 Å². The Morgan fingerprint density at radius 2 is 0.849 bits per heavy atom. The first-order valence-corrected chi connectivity index (χ1v) is 32.4. The number of amides is 1. The third kappa shape index (κ3) is 54.6. The average Bonchev–Trinajstić information content (AvgIpc) is 3.35. The highest BCUT2D eigenvalue weighted by Gasteiger charge is 2.27. The maximum absolute atomic E-state index is 13.5. The lowest BCUT2D eigenvalue weighted by atomic mass is 10.0. The molecule has 0 aliphatic rings. The van der Waals surface area contributed by atoms with E-state index in [1.807, 2.05) is 33.3 Å². The molecule has 0 aromatic rings. The van der Waals surface area contributed by atoms with Gasteiger partial charge in [0.25, 0.3) is 7.82 Å². The molecule has 0 aliphatic carbocycles. The van der Waals surface area contributed by atoms with E-state index in [-0.39, 0.29) is 31.5 Å². The summed E-state index contributed by atoms with van der Waals surface area (Å²) in [6, 6.07) is -0.890. The lowest BCUT2D eigenvalue weighted by Gasteiger charge is -2.30. The van der Waals surface area contributed by atoms with E-state index in [0.29, 0.717) is 17.4 Å². The van der Waals surface area contributed by atoms with Crippen LogP contribution in [-0.2, 0) is 27.9 Å². The number of ether oxygens (including phenoxy) is 1. The first-order valence-electron chi connectivity index (χ1n) is 30.9. The molecule has 73 heavy (non-hydrogen) atoms. The Hall–Kier alpha value is -2.03. The van der Waals surface area contributed by atoms with E-state index in [9.17, 15) is 19.0 Å². The number of carbonyl (C=O) groups is 2. The van der Waals surface area contributed by atoms with Crippen molar-refractivity contribution in [3.63, 3.8) is 0 Å². The second-order valence-corrected chi connectivity index (χ2v) is 23.6. The molecule has 428 valence electrons. The minimum atomic E-state index is -4.70. The van der Waals surface area contributed by atoms with Gasteiger partial charge in [-0.3, -0.25) is 14.2 Å². The van der Waals surface area contributed by atoms with Crippen LogP contribution in [0.3, 0.4) is 0 Å². The molecule has 0 aromatic heterocycles. The summed E-state index contributed by atoms with van der Waals surface area (Å²) in [7, 11) is 1.18. The zero-order valence-electron chi connectivity index (χ0n) is 48.8. The molecule has 0 aliphatic heterocycles. The van der Waals surface area contributed by atoms with Gasteiger partial charge in [0.15, 0.2) is 0 Å². The smallest absolute Gasteiger partial charge is 0.306 e. The van der Waals surface area contributed by atoms with Crippen molar-refractivity contribution < 1.29 is 37.3 Å². The topological polar surface area (TPSA) is 114 Å². The number of rotatable bonds is 56. The molecule has 0 saturated heterocycles. The van der Waals surface area contributed by atoms with Gasteiger partial charge in [-0.15, -0.1) is 0 Å². The van der Waals surface area contributed by atoms with Crippen molar-refractivity contribution in [1.29, 1.82) is 0 Å². The molecule has 0 bridgehead atoms. The maximum Gasteiger partial charge on any atom is 0.306 e. The van der Waals surface area contributed by atoms with Gasteiger partial charge in [0.1, 0.15) is 19.3 Å². The number of carbonyl (C=O) groups excluding carboxylic acids is 2. The molecule has 0 spiro atoms. The number of hydrogen-bond donors (Lipinski definition) is 1. The van der Waals surface area contributed by atoms with E-state index in [0.717, 1.165) is 89.9 Å². The third-order valence-electron chi connectivity index (χ3n) is 13.7. The minimum absolute atomic E-state index is 0.0231. The lowest BCUT2D eigenvalue weighted by molar-refractivity contribution is -0.870. The van der Waals surface area contributed by atoms with Crippen molar-refractivity contribution in [3.05, 3.63) is 48.6 Å². The number of hydrogen-bond acceptors (Lipinski definition) is 7. The molecule has 1 N–H and O–H groups in total. The Morgan fingerprint density at radius 3 is 1.32 bits per heavy atom. The highest BCUT2D eigenvalue weighted by Crippen LogP contribution is 2.38. The van der Waals surface area contributed by atoms with Crippen molar-refractivity contribution >= 4 is 19.7 Å². The van der Waals surface area contributed by atoms with Crippen molar-refractivity contribution in [2.45, 2.75) is 303 Å². The van der Waals surface area contributed by atoms with Crippen LogP contribution in [-0.4, -0.2) is 69.4 Å². The van der Waals surface area contributed by atoms with Crippen LogP contribution < -0.4 is 10.2 Å². The summed E-state index contributed by atoms with van der Waals surface area (Å²) in [4.78, 5) is 39.9. The zero-order valence-corrected chi connectivity index (χ0v) is 49.7. The predicted molar refractivity (Wildman–Crippen MR) is 312 cm³/mol. The molecule has 10 heteroatoms. The van der Waals surface area contributed by atoms with E-state index >= 15 is 0 Å². The largest absolute Gasteiger partial charge is 0.756 e. The van der Waals surface area contributed by atoms with Crippen LogP contribution >= 0.6 is 7.82 Å². The Labute approximate surface area is 452 Å². The van der Waals surface area contributed by atoms with Crippen molar-refractivity contribution in [1.82, 2.24) is 5.32 Å². The van der Waals surface area contributed by atoms with Crippen LogP contribution in [0.5, 0.6) is 0 Å². The normalized spacial score (nSPS) is 14.0. The number of nitrogens with zero attached hydrogens (tertiary/aromatic N) is 1. The van der Waals surface area contributed by atoms with Crippen LogP contribution in [0, 0.1) is 0 Å². The summed E-state index contributed by atoms with van der Waals surface area (Å²) >= 11 is 0. The second kappa shape index (κ2) is 53.4. The van der Waals surface area contributed by atoms with E-state index in [4.69, 9.17) is 13.8 Å². The fraction of sp³-hybridized carbons (Fsp3) is 0.841. The molecule has 3 unspecified atom stereocenters. The summed E-state index contributed by atoms with van der Waals surface area (Å²) in [6.45, 7) is 6.79. The van der Waals surface area contributed by atoms with Crippen molar-refractivity contribution in [3.8, 4) is 0 Å². The number of quaternary nitrogens is 1. The standard InChI is InChI=1S/C63H119N2O7P/c1-7-10-13-16-19-22-25-27-28-29-30-31-32-33-34-35-36-38-41-43-46-49-52-55-62(66)64-60(59-71-73(68,69)70-58-57-65(4,5)6)61(54-51-48-45-42-40-37-26-23-20-17-14-11-8-2)72-63(67)56-53-50-47-44-39-24-21-18-15-12-9-3/h18-19,21-22,27-28,51,54,60-61H,7-17,20,23-26,29-50,52-53,55-59H2,1-6H3,(H-,64,66,68,69)/b21-18-,22-19-,28-27-,54-51+. The first-order chi connectivity index (χ1) is 35.4. The molecule has 0 heterocycles. The first kappa shape index (κ1) is 71.0. The number of unbranched alkanes of at least 4 members (excludes halogenated alkanes) is 34. The molecule has 0 saturated carbocycles. The summed E-state index contributed by atoms with van der Waals surface area (Å²) in [6.07, 6.45) is 65.1. The molecule has 0 fully saturated rings. The van der Waals surface area contributed by atoms with Crippen LogP contribution in [0.2, 0.25) is 0 Å². The molecular formula is C63H119N2O7P. The molecule has 0 rings (SSSR count). The van der Waals surface area contributed by atoms with E-state index in [2.05, 4.69) is 62.5 Å².